The van der Waals surface area contributed by atoms with E-state index in [1.165, 1.54) is 0 Å². The van der Waals surface area contributed by atoms with Gasteiger partial charge in [0.2, 0.25) is 0 Å². The lowest BCUT2D eigenvalue weighted by Gasteiger charge is -2.26. The van der Waals surface area contributed by atoms with E-state index >= 15 is 0 Å². The highest BCUT2D eigenvalue weighted by Gasteiger charge is 2.44. The molecule has 0 aliphatic carbocycles. The minimum absolute atomic E-state index is 0.548. The third-order valence-corrected chi connectivity index (χ3v) is 13.4. The van der Waals surface area contributed by atoms with Gasteiger partial charge in [-0.05, 0) is 53.4 Å². The molecule has 0 radical (unpaired) electrons. The zero-order valence-corrected chi connectivity index (χ0v) is 28.6. The Hall–Kier alpha value is -0.00935. The van der Waals surface area contributed by atoms with E-state index in [0.717, 1.165) is 44.2 Å². The SMILES string of the molecule is C=CCCCC[Si](OC)(OC)OC.CCCC[Si](OC)(OC)OC.CCO[Si](OCC)(OCC)OCC. The maximum absolute atomic E-state index is 5.42. The molecule has 0 unspecified atom stereocenters. The monoisotopic (exact) mass is 590 g/mol. The second kappa shape index (κ2) is 27.6. The van der Waals surface area contributed by atoms with Gasteiger partial charge in [0, 0.05) is 81.2 Å². The Bertz CT molecular complexity index is 436. The van der Waals surface area contributed by atoms with E-state index in [2.05, 4.69) is 13.5 Å². The standard InChI is InChI=1S/C9H20O3Si.C8H20O4Si.C7H18O3Si/c1-5-6-7-8-9-13(10-2,11-3)12-4;1-5-9-13(10-6-2,11-7-3)12-8-4;1-5-6-7-11(8-2,9-3)10-4/h5H,1,6-9H2,2-4H3;5-8H2,1-4H3;5-7H2,1-4H3. The highest BCUT2D eigenvalue weighted by atomic mass is 28.4. The lowest BCUT2D eigenvalue weighted by Crippen LogP contribution is -2.49. The molecule has 37 heavy (non-hydrogen) atoms. The van der Waals surface area contributed by atoms with Crippen LogP contribution in [0.3, 0.4) is 0 Å². The van der Waals surface area contributed by atoms with Gasteiger partial charge in [0.15, 0.2) is 0 Å². The molecule has 0 aromatic carbocycles. The number of hydrogen-bond acceptors (Lipinski definition) is 10. The predicted molar refractivity (Wildman–Crippen MR) is 154 cm³/mol. The van der Waals surface area contributed by atoms with Crippen molar-refractivity contribution in [1.29, 1.82) is 0 Å². The van der Waals surface area contributed by atoms with Crippen molar-refractivity contribution in [2.75, 3.05) is 69.1 Å². The molecule has 13 heteroatoms. The van der Waals surface area contributed by atoms with Crippen LogP contribution in [0.2, 0.25) is 12.1 Å². The molecule has 0 atom stereocenters. The molecule has 0 aromatic rings. The lowest BCUT2D eigenvalue weighted by atomic mass is 10.2. The van der Waals surface area contributed by atoms with Crippen molar-refractivity contribution in [2.24, 2.45) is 0 Å². The average molecular weight is 591 g/mol. The summed E-state index contributed by atoms with van der Waals surface area (Å²) < 4.78 is 53.2. The Balaban J connectivity index is -0.000000471. The van der Waals surface area contributed by atoms with Gasteiger partial charge in [0.25, 0.3) is 0 Å². The Morgan fingerprint density at radius 3 is 1.08 bits per heavy atom. The van der Waals surface area contributed by atoms with Gasteiger partial charge in [0.1, 0.15) is 0 Å². The quantitative estimate of drug-likeness (QED) is 0.0920. The van der Waals surface area contributed by atoms with E-state index in [-0.39, 0.29) is 0 Å². The van der Waals surface area contributed by atoms with Crippen molar-refractivity contribution in [1.82, 2.24) is 0 Å². The first-order valence-corrected chi connectivity index (χ1v) is 18.7. The van der Waals surface area contributed by atoms with Gasteiger partial charge in [-0.3, -0.25) is 0 Å². The maximum Gasteiger partial charge on any atom is 0.679 e. The van der Waals surface area contributed by atoms with E-state index in [1.807, 2.05) is 33.8 Å². The van der Waals surface area contributed by atoms with E-state index in [0.29, 0.717) is 26.4 Å². The number of unbranched alkanes of at least 4 members (excludes halogenated alkanes) is 3. The molecule has 0 aliphatic heterocycles. The second-order valence-corrected chi connectivity index (χ2v) is 15.8. The molecule has 0 saturated carbocycles. The van der Waals surface area contributed by atoms with Crippen molar-refractivity contribution >= 4 is 26.7 Å². The molecular formula is C24H58O10Si3. The highest BCUT2D eigenvalue weighted by Crippen LogP contribution is 2.17. The van der Waals surface area contributed by atoms with Crippen LogP contribution in [-0.2, 0) is 44.3 Å². The molecule has 0 amide bonds. The molecule has 0 fully saturated rings. The normalized spacial score (nSPS) is 11.9. The van der Waals surface area contributed by atoms with Crippen LogP contribution in [-0.4, -0.2) is 95.7 Å². The van der Waals surface area contributed by atoms with Crippen molar-refractivity contribution in [2.45, 2.75) is 78.8 Å². The second-order valence-electron chi connectivity index (χ2n) is 7.46. The number of rotatable bonds is 22. The minimum Gasteiger partial charge on any atom is -0.377 e. The van der Waals surface area contributed by atoms with E-state index in [9.17, 15) is 0 Å². The molecule has 0 bridgehead atoms. The average Bonchev–Trinajstić information content (AvgIpc) is 2.92. The fourth-order valence-electron chi connectivity index (χ4n) is 3.09. The predicted octanol–water partition coefficient (Wildman–Crippen LogP) is 5.45. The molecule has 0 N–H and O–H groups in total. The van der Waals surface area contributed by atoms with E-state index in [1.54, 1.807) is 42.7 Å². The van der Waals surface area contributed by atoms with Crippen LogP contribution in [0.1, 0.15) is 66.7 Å². The summed E-state index contributed by atoms with van der Waals surface area (Å²) in [4.78, 5) is 0. The molecule has 226 valence electrons. The van der Waals surface area contributed by atoms with Crippen LogP contribution in [0.5, 0.6) is 0 Å². The van der Waals surface area contributed by atoms with Crippen LogP contribution in [0.25, 0.3) is 0 Å². The van der Waals surface area contributed by atoms with Gasteiger partial charge in [-0.15, -0.1) is 6.58 Å². The van der Waals surface area contributed by atoms with Gasteiger partial charge >= 0.3 is 26.7 Å². The van der Waals surface area contributed by atoms with Crippen LogP contribution in [0.15, 0.2) is 12.7 Å². The van der Waals surface area contributed by atoms with Gasteiger partial charge < -0.3 is 44.3 Å². The molecule has 0 rings (SSSR count). The van der Waals surface area contributed by atoms with Crippen molar-refractivity contribution < 1.29 is 44.3 Å². The first kappa shape index (κ1) is 41.5. The van der Waals surface area contributed by atoms with Crippen molar-refractivity contribution in [3.8, 4) is 0 Å². The third-order valence-electron chi connectivity index (χ3n) is 5.13. The third kappa shape index (κ3) is 19.7. The fraction of sp³-hybridized carbons (Fsp3) is 0.917. The Kier molecular flexibility index (Phi) is 30.9. The largest absolute Gasteiger partial charge is 0.679 e. The Morgan fingerprint density at radius 1 is 0.514 bits per heavy atom. The zero-order valence-electron chi connectivity index (χ0n) is 25.6. The summed E-state index contributed by atoms with van der Waals surface area (Å²) in [6.45, 7) is 15.6. The minimum atomic E-state index is -2.80. The molecule has 0 aliphatic rings. The van der Waals surface area contributed by atoms with Gasteiger partial charge in [-0.1, -0.05) is 19.4 Å². The highest BCUT2D eigenvalue weighted by molar-refractivity contribution is 6.60. The summed E-state index contributed by atoms with van der Waals surface area (Å²) in [6.07, 6.45) is 7.39. The Morgan fingerprint density at radius 2 is 0.838 bits per heavy atom. The molecule has 0 spiro atoms. The summed E-state index contributed by atoms with van der Waals surface area (Å²) >= 11 is 0. The zero-order chi connectivity index (χ0) is 29.1. The van der Waals surface area contributed by atoms with Gasteiger partial charge in [0.05, 0.1) is 0 Å². The van der Waals surface area contributed by atoms with Crippen LogP contribution in [0, 0.1) is 0 Å². The first-order valence-electron chi connectivity index (χ1n) is 13.2. The topological polar surface area (TPSA) is 92.3 Å². The van der Waals surface area contributed by atoms with Crippen LogP contribution >= 0.6 is 0 Å². The summed E-state index contributed by atoms with van der Waals surface area (Å²) in [5, 5.41) is 0. The number of allylic oxidation sites excluding steroid dienone is 1. The van der Waals surface area contributed by atoms with Crippen LogP contribution in [0.4, 0.5) is 0 Å². The van der Waals surface area contributed by atoms with Gasteiger partial charge in [-0.2, -0.15) is 0 Å². The van der Waals surface area contributed by atoms with Gasteiger partial charge in [-0.25, -0.2) is 0 Å². The summed E-state index contributed by atoms with van der Waals surface area (Å²) in [5.41, 5.74) is 0. The smallest absolute Gasteiger partial charge is 0.377 e. The molecule has 0 saturated heterocycles. The van der Waals surface area contributed by atoms with Crippen molar-refractivity contribution in [3.05, 3.63) is 12.7 Å². The number of hydrogen-bond donors (Lipinski definition) is 0. The Labute approximate surface area is 231 Å². The first-order chi connectivity index (χ1) is 17.7. The van der Waals surface area contributed by atoms with Crippen LogP contribution < -0.4 is 0 Å². The fourth-order valence-corrected chi connectivity index (χ4v) is 8.70. The molecule has 0 heterocycles. The van der Waals surface area contributed by atoms with E-state index < -0.39 is 26.7 Å². The van der Waals surface area contributed by atoms with E-state index in [4.69, 9.17) is 44.3 Å². The molecular weight excluding hydrogens is 533 g/mol. The summed E-state index contributed by atoms with van der Waals surface area (Å²) in [7, 11) is 2.54. The maximum atomic E-state index is 5.42. The summed E-state index contributed by atoms with van der Waals surface area (Å²) in [5.74, 6) is 0. The lowest BCUT2D eigenvalue weighted by molar-refractivity contribution is -0.0247. The molecule has 10 nitrogen and oxygen atoms in total. The van der Waals surface area contributed by atoms with Crippen molar-refractivity contribution in [3.63, 3.8) is 0 Å². The summed E-state index contributed by atoms with van der Waals surface area (Å²) in [6, 6.07) is 1.79. The molecule has 0 aromatic heterocycles.